The van der Waals surface area contributed by atoms with Crippen LogP contribution in [0.4, 0.5) is 4.79 Å². The molecular formula is C24H33N3O4. The lowest BCUT2D eigenvalue weighted by molar-refractivity contribution is -0.120. The first-order valence-electron chi connectivity index (χ1n) is 11.0. The molecule has 0 saturated heterocycles. The van der Waals surface area contributed by atoms with Gasteiger partial charge < -0.3 is 19.8 Å². The monoisotopic (exact) mass is 427 g/mol. The molecule has 0 atom stereocenters. The van der Waals surface area contributed by atoms with Gasteiger partial charge >= 0.3 is 6.09 Å². The van der Waals surface area contributed by atoms with Gasteiger partial charge in [-0.3, -0.25) is 4.79 Å². The summed E-state index contributed by atoms with van der Waals surface area (Å²) in [5.74, 6) is 0.345. The van der Waals surface area contributed by atoms with Gasteiger partial charge in [0.25, 0.3) is 0 Å². The number of hydrogen-bond donors (Lipinski definition) is 2. The number of nitrogens with zero attached hydrogens (tertiary/aromatic N) is 1. The van der Waals surface area contributed by atoms with Crippen LogP contribution in [0.3, 0.4) is 0 Å². The Morgan fingerprint density at radius 2 is 1.77 bits per heavy atom. The molecule has 3 rings (SSSR count). The summed E-state index contributed by atoms with van der Waals surface area (Å²) in [4.78, 5) is 29.5. The normalized spacial score (nSPS) is 16.2. The standard InChI is InChI=1S/C24H33N3O4/c1-23(2,3)31-22(29)27-24(13-9-4-5-10-14-24)17-25-20(28)15-19-16-30-21(26-19)18-11-7-6-8-12-18/h6-8,11-12,16H,4-5,9-10,13-15,17H2,1-3H3,(H,25,28)(H,27,29). The molecule has 1 saturated carbocycles. The molecule has 0 aliphatic heterocycles. The first-order valence-corrected chi connectivity index (χ1v) is 11.0. The van der Waals surface area contributed by atoms with Gasteiger partial charge in [0.05, 0.1) is 17.7 Å². The second-order valence-electron chi connectivity index (χ2n) is 9.28. The molecule has 2 amide bonds. The van der Waals surface area contributed by atoms with Gasteiger partial charge in [0.15, 0.2) is 0 Å². The molecule has 2 aromatic rings. The molecular weight excluding hydrogens is 394 g/mol. The molecule has 1 fully saturated rings. The van der Waals surface area contributed by atoms with Crippen LogP contribution in [0.1, 0.15) is 65.0 Å². The summed E-state index contributed by atoms with van der Waals surface area (Å²) in [6.45, 7) is 5.90. The minimum Gasteiger partial charge on any atom is -0.444 e. The van der Waals surface area contributed by atoms with Crippen LogP contribution in [-0.2, 0) is 16.0 Å². The summed E-state index contributed by atoms with van der Waals surface area (Å²) in [5.41, 5.74) is 0.385. The van der Waals surface area contributed by atoms with Gasteiger partial charge in [-0.25, -0.2) is 9.78 Å². The topological polar surface area (TPSA) is 93.5 Å². The summed E-state index contributed by atoms with van der Waals surface area (Å²) in [5, 5.41) is 6.06. The fourth-order valence-electron chi connectivity index (χ4n) is 3.87. The molecule has 168 valence electrons. The molecule has 0 bridgehead atoms. The quantitative estimate of drug-likeness (QED) is 0.656. The van der Waals surface area contributed by atoms with E-state index in [-0.39, 0.29) is 12.3 Å². The molecule has 0 unspecified atom stereocenters. The van der Waals surface area contributed by atoms with Crippen LogP contribution in [0.5, 0.6) is 0 Å². The van der Waals surface area contributed by atoms with Gasteiger partial charge in [0.1, 0.15) is 11.9 Å². The molecule has 7 heteroatoms. The Hall–Kier alpha value is -2.83. The molecule has 7 nitrogen and oxygen atoms in total. The first kappa shape index (κ1) is 22.8. The van der Waals surface area contributed by atoms with E-state index in [0.29, 0.717) is 18.1 Å². The Morgan fingerprint density at radius 3 is 2.42 bits per heavy atom. The number of rotatable bonds is 6. The van der Waals surface area contributed by atoms with E-state index in [1.165, 1.54) is 6.26 Å². The van der Waals surface area contributed by atoms with Crippen molar-refractivity contribution >= 4 is 12.0 Å². The molecule has 0 spiro atoms. The van der Waals surface area contributed by atoms with Crippen molar-refractivity contribution in [2.75, 3.05) is 6.54 Å². The van der Waals surface area contributed by atoms with E-state index in [4.69, 9.17) is 9.15 Å². The SMILES string of the molecule is CC(C)(C)OC(=O)NC1(CNC(=O)Cc2coc(-c3ccccc3)n2)CCCCCC1. The van der Waals surface area contributed by atoms with Crippen molar-refractivity contribution in [2.45, 2.75) is 76.9 Å². The maximum absolute atomic E-state index is 12.6. The van der Waals surface area contributed by atoms with E-state index >= 15 is 0 Å². The second kappa shape index (κ2) is 9.98. The number of carbonyl (C=O) groups is 2. The maximum atomic E-state index is 12.6. The van der Waals surface area contributed by atoms with Crippen LogP contribution >= 0.6 is 0 Å². The van der Waals surface area contributed by atoms with Gasteiger partial charge in [0.2, 0.25) is 11.8 Å². The smallest absolute Gasteiger partial charge is 0.408 e. The third-order valence-electron chi connectivity index (χ3n) is 5.36. The Labute approximate surface area is 184 Å². The van der Waals surface area contributed by atoms with Crippen LogP contribution in [0.15, 0.2) is 41.0 Å². The largest absolute Gasteiger partial charge is 0.444 e. The molecule has 2 N–H and O–H groups in total. The fourth-order valence-corrected chi connectivity index (χ4v) is 3.87. The highest BCUT2D eigenvalue weighted by molar-refractivity contribution is 5.78. The average Bonchev–Trinajstić information content (AvgIpc) is 3.04. The molecule has 1 aliphatic rings. The van der Waals surface area contributed by atoms with Crippen molar-refractivity contribution in [1.29, 1.82) is 0 Å². The summed E-state index contributed by atoms with van der Waals surface area (Å²) >= 11 is 0. The molecule has 1 aromatic carbocycles. The van der Waals surface area contributed by atoms with Crippen molar-refractivity contribution in [1.82, 2.24) is 15.6 Å². The van der Waals surface area contributed by atoms with Gasteiger partial charge in [-0.05, 0) is 45.7 Å². The summed E-state index contributed by atoms with van der Waals surface area (Å²) in [6, 6.07) is 9.57. The van der Waals surface area contributed by atoms with Crippen molar-refractivity contribution in [2.24, 2.45) is 0 Å². The molecule has 31 heavy (non-hydrogen) atoms. The highest BCUT2D eigenvalue weighted by Gasteiger charge is 2.34. The van der Waals surface area contributed by atoms with Crippen LogP contribution in [0.2, 0.25) is 0 Å². The first-order chi connectivity index (χ1) is 14.7. The molecule has 1 aliphatic carbocycles. The van der Waals surface area contributed by atoms with Crippen LogP contribution in [0, 0.1) is 0 Å². The second-order valence-corrected chi connectivity index (χ2v) is 9.28. The van der Waals surface area contributed by atoms with E-state index in [9.17, 15) is 9.59 Å². The molecule has 1 aromatic heterocycles. The van der Waals surface area contributed by atoms with E-state index in [1.54, 1.807) is 0 Å². The number of carbonyl (C=O) groups excluding carboxylic acids is 2. The zero-order valence-corrected chi connectivity index (χ0v) is 18.7. The third-order valence-corrected chi connectivity index (χ3v) is 5.36. The van der Waals surface area contributed by atoms with E-state index in [1.807, 2.05) is 51.1 Å². The predicted molar refractivity (Wildman–Crippen MR) is 118 cm³/mol. The minimum atomic E-state index is -0.567. The zero-order chi connectivity index (χ0) is 22.3. The molecule has 1 heterocycles. The van der Waals surface area contributed by atoms with E-state index in [2.05, 4.69) is 15.6 Å². The van der Waals surface area contributed by atoms with Crippen molar-refractivity contribution < 1.29 is 18.7 Å². The zero-order valence-electron chi connectivity index (χ0n) is 18.7. The van der Waals surface area contributed by atoms with Gasteiger partial charge in [0, 0.05) is 12.1 Å². The lowest BCUT2D eigenvalue weighted by atomic mass is 9.90. The number of amides is 2. The van der Waals surface area contributed by atoms with Crippen molar-refractivity contribution in [3.05, 3.63) is 42.3 Å². The summed E-state index contributed by atoms with van der Waals surface area (Å²) in [6.07, 6.45) is 7.11. The predicted octanol–water partition coefficient (Wildman–Crippen LogP) is 4.62. The maximum Gasteiger partial charge on any atom is 0.408 e. The number of benzene rings is 1. The number of ether oxygens (including phenoxy) is 1. The van der Waals surface area contributed by atoms with Crippen LogP contribution in [-0.4, -0.2) is 34.7 Å². The van der Waals surface area contributed by atoms with Gasteiger partial charge in [-0.2, -0.15) is 0 Å². The fraction of sp³-hybridized carbons (Fsp3) is 0.542. The number of oxazole rings is 1. The summed E-state index contributed by atoms with van der Waals surface area (Å²) in [7, 11) is 0. The van der Waals surface area contributed by atoms with Crippen molar-refractivity contribution in [3.63, 3.8) is 0 Å². The lowest BCUT2D eigenvalue weighted by Gasteiger charge is -2.35. The molecule has 0 radical (unpaired) electrons. The Kier molecular flexibility index (Phi) is 7.36. The highest BCUT2D eigenvalue weighted by Crippen LogP contribution is 2.27. The van der Waals surface area contributed by atoms with E-state index < -0.39 is 17.2 Å². The number of aromatic nitrogens is 1. The number of alkyl carbamates (subject to hydrolysis) is 1. The van der Waals surface area contributed by atoms with Gasteiger partial charge in [-0.15, -0.1) is 0 Å². The van der Waals surface area contributed by atoms with Crippen molar-refractivity contribution in [3.8, 4) is 11.5 Å². The minimum absolute atomic E-state index is 0.124. The Balaban J connectivity index is 1.59. The Bertz CT molecular complexity index is 862. The van der Waals surface area contributed by atoms with Gasteiger partial charge in [-0.1, -0.05) is 43.9 Å². The average molecular weight is 428 g/mol. The number of nitrogens with one attached hydrogen (secondary N) is 2. The lowest BCUT2D eigenvalue weighted by Crippen LogP contribution is -2.56. The summed E-state index contributed by atoms with van der Waals surface area (Å²) < 4.78 is 11.0. The van der Waals surface area contributed by atoms with Crippen LogP contribution in [0.25, 0.3) is 11.5 Å². The Morgan fingerprint density at radius 1 is 1.10 bits per heavy atom. The van der Waals surface area contributed by atoms with Crippen LogP contribution < -0.4 is 10.6 Å². The third kappa shape index (κ3) is 7.12. The highest BCUT2D eigenvalue weighted by atomic mass is 16.6. The van der Waals surface area contributed by atoms with E-state index in [0.717, 1.165) is 44.1 Å². The number of hydrogen-bond acceptors (Lipinski definition) is 5.